The van der Waals surface area contributed by atoms with Crippen LogP contribution >= 0.6 is 18.7 Å². The van der Waals surface area contributed by atoms with Crippen molar-refractivity contribution in [3.05, 3.63) is 53.2 Å². The number of aryl methyl sites for hydroxylation is 1. The number of nitrogens with zero attached hydrogens (tertiary/aromatic N) is 5. The Balaban J connectivity index is 1.14. The number of para-hydroxylation sites is 1. The summed E-state index contributed by atoms with van der Waals surface area (Å²) in [6, 6.07) is 13.4. The minimum absolute atomic E-state index is 0.373. The highest BCUT2D eigenvalue weighted by Crippen LogP contribution is 2.40. The topological polar surface area (TPSA) is 85.9 Å². The van der Waals surface area contributed by atoms with Gasteiger partial charge < -0.3 is 24.8 Å². The minimum atomic E-state index is -2.52. The fourth-order valence-electron chi connectivity index (χ4n) is 6.96. The average molecular weight is 652 g/mol. The van der Waals surface area contributed by atoms with E-state index < -0.39 is 7.14 Å². The van der Waals surface area contributed by atoms with Crippen LogP contribution in [0, 0.1) is 0 Å². The van der Waals surface area contributed by atoms with Crippen molar-refractivity contribution < 1.29 is 9.30 Å². The summed E-state index contributed by atoms with van der Waals surface area (Å²) in [4.78, 5) is 17.1. The van der Waals surface area contributed by atoms with Gasteiger partial charge in [0.2, 0.25) is 5.95 Å². The van der Waals surface area contributed by atoms with Gasteiger partial charge in [0.1, 0.15) is 17.9 Å². The first-order valence-electron chi connectivity index (χ1n) is 16.4. The maximum Gasteiger partial charge on any atom is 0.229 e. The Morgan fingerprint density at radius 3 is 2.20 bits per heavy atom. The Bertz CT molecular complexity index is 1530. The summed E-state index contributed by atoms with van der Waals surface area (Å²) in [5, 5.41) is 7.76. The number of methoxy groups -OCH3 is 1. The van der Waals surface area contributed by atoms with Crippen molar-refractivity contribution in [1.82, 2.24) is 19.8 Å². The van der Waals surface area contributed by atoms with Crippen LogP contribution in [-0.4, -0.2) is 91.6 Å². The number of nitrogens with one attached hydrogen (secondary N) is 2. The standard InChI is InChI=1S/C34H47ClN7O2P/c1-5-24-21-29(38-34-36-23-27(35)33(39-34)37-28-11-6-7-12-32(28)45(3,4)43)31(44-2)22-30(24)42-15-13-26(14-16-42)41-19-17-40(18-20-41)25-9-8-10-25/h6-7,11-12,21-23,25-26H,5,8-10,13-20H2,1-4H3,(H2,36,37,38,39). The number of hydrogen-bond donors (Lipinski definition) is 2. The molecular formula is C34H47ClN7O2P. The Morgan fingerprint density at radius 1 is 0.933 bits per heavy atom. The molecule has 3 aliphatic rings. The maximum atomic E-state index is 12.9. The summed E-state index contributed by atoms with van der Waals surface area (Å²) in [6.45, 7) is 12.7. The summed E-state index contributed by atoms with van der Waals surface area (Å²) in [5.41, 5.74) is 4.02. The molecule has 1 saturated carbocycles. The number of anilines is 5. The Hall–Kier alpha value is -2.84. The largest absolute Gasteiger partial charge is 0.494 e. The third-order valence-electron chi connectivity index (χ3n) is 9.77. The highest BCUT2D eigenvalue weighted by molar-refractivity contribution is 7.70. The van der Waals surface area contributed by atoms with E-state index in [-0.39, 0.29) is 0 Å². The molecule has 45 heavy (non-hydrogen) atoms. The molecule has 3 aromatic rings. The molecule has 242 valence electrons. The third-order valence-corrected chi connectivity index (χ3v) is 11.6. The first-order chi connectivity index (χ1) is 21.7. The molecule has 2 N–H and O–H groups in total. The summed E-state index contributed by atoms with van der Waals surface area (Å²) in [5.74, 6) is 1.57. The number of piperidine rings is 1. The molecule has 6 rings (SSSR count). The molecule has 2 aliphatic heterocycles. The fourth-order valence-corrected chi connectivity index (χ4v) is 8.26. The Morgan fingerprint density at radius 2 is 1.60 bits per heavy atom. The summed E-state index contributed by atoms with van der Waals surface area (Å²) >= 11 is 6.50. The van der Waals surface area contributed by atoms with E-state index in [4.69, 9.17) is 16.3 Å². The lowest BCUT2D eigenvalue weighted by Crippen LogP contribution is -2.56. The van der Waals surface area contributed by atoms with E-state index in [9.17, 15) is 4.57 Å². The average Bonchev–Trinajstić information content (AvgIpc) is 3.02. The van der Waals surface area contributed by atoms with Gasteiger partial charge in [-0.05, 0) is 69.2 Å². The van der Waals surface area contributed by atoms with Gasteiger partial charge in [-0.25, -0.2) is 4.98 Å². The van der Waals surface area contributed by atoms with Crippen LogP contribution in [0.4, 0.5) is 28.8 Å². The second-order valence-corrected chi connectivity index (χ2v) is 16.5. The van der Waals surface area contributed by atoms with Gasteiger partial charge in [0.05, 0.1) is 24.7 Å². The van der Waals surface area contributed by atoms with Crippen LogP contribution < -0.4 is 25.6 Å². The van der Waals surface area contributed by atoms with E-state index in [0.717, 1.165) is 42.3 Å². The van der Waals surface area contributed by atoms with Crippen molar-refractivity contribution in [2.45, 2.75) is 57.5 Å². The van der Waals surface area contributed by atoms with Gasteiger partial charge in [-0.3, -0.25) is 9.80 Å². The number of halogens is 1. The summed E-state index contributed by atoms with van der Waals surface area (Å²) in [7, 11) is -0.816. The van der Waals surface area contributed by atoms with Crippen LogP contribution in [-0.2, 0) is 11.0 Å². The molecule has 3 fully saturated rings. The number of aromatic nitrogens is 2. The van der Waals surface area contributed by atoms with E-state index in [2.05, 4.69) is 54.4 Å². The molecule has 3 heterocycles. The lowest BCUT2D eigenvalue weighted by molar-refractivity contribution is 0.0373. The van der Waals surface area contributed by atoms with Crippen LogP contribution in [0.5, 0.6) is 5.75 Å². The van der Waals surface area contributed by atoms with Gasteiger partial charge in [0, 0.05) is 68.4 Å². The monoisotopic (exact) mass is 651 g/mol. The summed E-state index contributed by atoms with van der Waals surface area (Å²) < 4.78 is 18.8. The van der Waals surface area contributed by atoms with Gasteiger partial charge in [-0.1, -0.05) is 37.1 Å². The zero-order chi connectivity index (χ0) is 31.6. The fraction of sp³-hybridized carbons (Fsp3) is 0.529. The van der Waals surface area contributed by atoms with Crippen molar-refractivity contribution in [1.29, 1.82) is 0 Å². The van der Waals surface area contributed by atoms with Gasteiger partial charge in [0.15, 0.2) is 5.82 Å². The lowest BCUT2D eigenvalue weighted by atomic mass is 9.91. The van der Waals surface area contributed by atoms with Crippen LogP contribution in [0.25, 0.3) is 0 Å². The molecular weight excluding hydrogens is 605 g/mol. The van der Waals surface area contributed by atoms with Crippen LogP contribution in [0.1, 0.15) is 44.6 Å². The van der Waals surface area contributed by atoms with Crippen molar-refractivity contribution in [2.24, 2.45) is 0 Å². The number of rotatable bonds is 10. The highest BCUT2D eigenvalue weighted by atomic mass is 35.5. The van der Waals surface area contributed by atoms with Crippen LogP contribution in [0.15, 0.2) is 42.6 Å². The third kappa shape index (κ3) is 7.27. The maximum absolute atomic E-state index is 12.9. The summed E-state index contributed by atoms with van der Waals surface area (Å²) in [6.07, 6.45) is 9.07. The molecule has 1 aromatic heterocycles. The second kappa shape index (κ2) is 13.9. The van der Waals surface area contributed by atoms with E-state index >= 15 is 0 Å². The van der Waals surface area contributed by atoms with Crippen molar-refractivity contribution in [3.8, 4) is 5.75 Å². The molecule has 0 bridgehead atoms. The molecule has 11 heteroatoms. The predicted molar refractivity (Wildman–Crippen MR) is 188 cm³/mol. The van der Waals surface area contributed by atoms with Crippen LogP contribution in [0.3, 0.4) is 0 Å². The smallest absolute Gasteiger partial charge is 0.229 e. The van der Waals surface area contributed by atoms with E-state index in [1.807, 2.05) is 24.3 Å². The van der Waals surface area contributed by atoms with Gasteiger partial charge in [-0.2, -0.15) is 4.98 Å². The molecule has 0 atom stereocenters. The molecule has 1 aliphatic carbocycles. The van der Waals surface area contributed by atoms with Crippen molar-refractivity contribution in [2.75, 3.05) is 75.2 Å². The first kappa shape index (κ1) is 32.1. The molecule has 0 spiro atoms. The number of ether oxygens (including phenoxy) is 1. The molecule has 2 aromatic carbocycles. The Labute approximate surface area is 273 Å². The Kier molecular flexibility index (Phi) is 9.90. The SMILES string of the molecule is CCc1cc(Nc2ncc(Cl)c(Nc3ccccc3P(C)(C)=O)n2)c(OC)cc1N1CCC(N2CCN(C3CCC3)CC2)CC1. The molecule has 0 radical (unpaired) electrons. The van der Waals surface area contributed by atoms with Gasteiger partial charge in [-0.15, -0.1) is 0 Å². The van der Waals surface area contributed by atoms with Crippen molar-refractivity contribution >= 4 is 52.9 Å². The van der Waals surface area contributed by atoms with E-state index in [1.54, 1.807) is 26.6 Å². The molecule has 0 amide bonds. The van der Waals surface area contributed by atoms with Crippen LogP contribution in [0.2, 0.25) is 5.02 Å². The zero-order valence-electron chi connectivity index (χ0n) is 27.1. The quantitative estimate of drug-likeness (QED) is 0.236. The minimum Gasteiger partial charge on any atom is -0.494 e. The normalized spacial score (nSPS) is 18.9. The number of hydrogen-bond acceptors (Lipinski definition) is 9. The first-order valence-corrected chi connectivity index (χ1v) is 19.4. The van der Waals surface area contributed by atoms with Crippen molar-refractivity contribution in [3.63, 3.8) is 0 Å². The van der Waals surface area contributed by atoms with Gasteiger partial charge in [0.25, 0.3) is 0 Å². The zero-order valence-corrected chi connectivity index (χ0v) is 28.7. The predicted octanol–water partition coefficient (Wildman–Crippen LogP) is 6.58. The molecule has 0 unspecified atom stereocenters. The molecule has 2 saturated heterocycles. The second-order valence-electron chi connectivity index (χ2n) is 12.9. The highest BCUT2D eigenvalue weighted by Gasteiger charge is 2.32. The number of benzene rings is 2. The van der Waals surface area contributed by atoms with Gasteiger partial charge >= 0.3 is 0 Å². The lowest BCUT2D eigenvalue weighted by Gasteiger charge is -2.47. The number of piperazine rings is 1. The van der Waals surface area contributed by atoms with E-state index in [1.165, 1.54) is 69.5 Å². The van der Waals surface area contributed by atoms with E-state index in [0.29, 0.717) is 28.5 Å². The molecule has 9 nitrogen and oxygen atoms in total.